The number of esters is 2. The summed E-state index contributed by atoms with van der Waals surface area (Å²) in [6.45, 7) is 4.15. The average molecular weight is 950 g/mol. The molecule has 0 aromatic carbocycles. The number of rotatable bonds is 50. The molecule has 0 fully saturated rings. The van der Waals surface area contributed by atoms with Crippen molar-refractivity contribution in [2.45, 2.75) is 251 Å². The minimum Gasteiger partial charge on any atom is -0.756 e. The van der Waals surface area contributed by atoms with Crippen LogP contribution in [-0.2, 0) is 32.7 Å². The van der Waals surface area contributed by atoms with E-state index < -0.39 is 26.5 Å². The van der Waals surface area contributed by atoms with Gasteiger partial charge in [0.25, 0.3) is 7.82 Å². The fraction of sp³-hybridized carbons (Fsp3) is 0.821. The summed E-state index contributed by atoms with van der Waals surface area (Å²) in [5.74, 6) is -0.829. The largest absolute Gasteiger partial charge is 0.756 e. The minimum absolute atomic E-state index is 0.0313. The van der Waals surface area contributed by atoms with Crippen molar-refractivity contribution in [2.75, 3.05) is 47.5 Å². The van der Waals surface area contributed by atoms with E-state index in [9.17, 15) is 19.0 Å². The standard InChI is InChI=1S/C56H104NO8P/c1-6-8-10-12-14-16-18-20-22-24-26-27-28-29-31-33-35-37-39-41-43-45-47-49-56(59)65-54(53-64-66(60,61)63-51-50-57(3,4)5)52-62-55(58)48-46-44-42-40-38-36-34-32-30-25-23-21-19-17-15-13-11-9-7-2/h8,10,14,16,20,22,26-27,54H,6-7,9,11-13,15,17-19,21,23-25,28-53H2,1-5H3/b10-8-,16-14-,22-20-,27-26-. The fourth-order valence-electron chi connectivity index (χ4n) is 7.65. The Kier molecular flexibility index (Phi) is 46.5. The molecule has 0 aliphatic heterocycles. The number of nitrogens with zero attached hydrogens (tertiary/aromatic N) is 1. The molecule has 0 aromatic rings. The van der Waals surface area contributed by atoms with Gasteiger partial charge in [-0.2, -0.15) is 0 Å². The van der Waals surface area contributed by atoms with E-state index in [1.165, 1.54) is 141 Å². The lowest BCUT2D eigenvalue weighted by Crippen LogP contribution is -2.37. The zero-order valence-electron chi connectivity index (χ0n) is 43.6. The average Bonchev–Trinajstić information content (AvgIpc) is 3.27. The van der Waals surface area contributed by atoms with Crippen LogP contribution in [0, 0.1) is 0 Å². The maximum atomic E-state index is 12.8. The predicted octanol–water partition coefficient (Wildman–Crippen LogP) is 16.0. The third-order valence-corrected chi connectivity index (χ3v) is 12.8. The van der Waals surface area contributed by atoms with Gasteiger partial charge >= 0.3 is 11.9 Å². The highest BCUT2D eigenvalue weighted by atomic mass is 31.2. The van der Waals surface area contributed by atoms with Gasteiger partial charge in [-0.1, -0.05) is 229 Å². The highest BCUT2D eigenvalue weighted by Crippen LogP contribution is 2.38. The normalized spacial score (nSPS) is 13.7. The maximum absolute atomic E-state index is 12.8. The van der Waals surface area contributed by atoms with E-state index in [0.29, 0.717) is 17.4 Å². The van der Waals surface area contributed by atoms with Gasteiger partial charge in [0.15, 0.2) is 6.10 Å². The molecule has 0 spiro atoms. The van der Waals surface area contributed by atoms with E-state index in [1.807, 2.05) is 21.1 Å². The Morgan fingerprint density at radius 3 is 1.29 bits per heavy atom. The van der Waals surface area contributed by atoms with Crippen LogP contribution < -0.4 is 4.89 Å². The van der Waals surface area contributed by atoms with Crippen LogP contribution in [0.2, 0.25) is 0 Å². The monoisotopic (exact) mass is 950 g/mol. The molecular weight excluding hydrogens is 846 g/mol. The Bertz CT molecular complexity index is 1260. The van der Waals surface area contributed by atoms with Crippen LogP contribution >= 0.6 is 7.82 Å². The first kappa shape index (κ1) is 64.0. The molecule has 10 heteroatoms. The number of phosphoric ester groups is 1. The molecule has 9 nitrogen and oxygen atoms in total. The first-order valence-electron chi connectivity index (χ1n) is 27.3. The first-order valence-corrected chi connectivity index (χ1v) is 28.8. The van der Waals surface area contributed by atoms with Crippen LogP contribution in [0.3, 0.4) is 0 Å². The summed E-state index contributed by atoms with van der Waals surface area (Å²) >= 11 is 0. The molecule has 0 aliphatic rings. The van der Waals surface area contributed by atoms with Gasteiger partial charge in [-0.3, -0.25) is 14.2 Å². The summed E-state index contributed by atoms with van der Waals surface area (Å²) in [7, 11) is 1.17. The van der Waals surface area contributed by atoms with E-state index >= 15 is 0 Å². The SMILES string of the molecule is CC/C=C\C/C=C\C/C=C\C/C=C\CCCCCCCCCCCCC(=O)OC(COC(=O)CCCCCCCCCCCCCCCCCCCCC)COP(=O)([O-])OCC[N+](C)(C)C. The van der Waals surface area contributed by atoms with Crippen molar-refractivity contribution < 1.29 is 42.1 Å². The molecule has 0 saturated carbocycles. The fourth-order valence-corrected chi connectivity index (χ4v) is 8.38. The van der Waals surface area contributed by atoms with E-state index in [4.69, 9.17) is 18.5 Å². The molecule has 0 radical (unpaired) electrons. The summed E-state index contributed by atoms with van der Waals surface area (Å²) in [6.07, 6.45) is 58.6. The first-order chi connectivity index (χ1) is 32.0. The number of unbranched alkanes of at least 4 members (excludes halogenated alkanes) is 28. The van der Waals surface area contributed by atoms with Gasteiger partial charge in [0.05, 0.1) is 27.7 Å². The number of allylic oxidation sites excluding steroid dienone is 8. The molecule has 2 unspecified atom stereocenters. The summed E-state index contributed by atoms with van der Waals surface area (Å²) in [5.41, 5.74) is 0. The lowest BCUT2D eigenvalue weighted by Gasteiger charge is -2.28. The van der Waals surface area contributed by atoms with Crippen LogP contribution in [0.25, 0.3) is 0 Å². The Morgan fingerprint density at radius 1 is 0.485 bits per heavy atom. The van der Waals surface area contributed by atoms with Crippen molar-refractivity contribution >= 4 is 19.8 Å². The van der Waals surface area contributed by atoms with Crippen LogP contribution in [0.5, 0.6) is 0 Å². The van der Waals surface area contributed by atoms with E-state index in [-0.39, 0.29) is 32.0 Å². The van der Waals surface area contributed by atoms with Crippen molar-refractivity contribution in [1.29, 1.82) is 0 Å². The van der Waals surface area contributed by atoms with E-state index in [2.05, 4.69) is 62.5 Å². The van der Waals surface area contributed by atoms with Crippen LogP contribution in [0.1, 0.15) is 245 Å². The summed E-state index contributed by atoms with van der Waals surface area (Å²) in [6, 6.07) is 0. The molecule has 66 heavy (non-hydrogen) atoms. The second-order valence-corrected chi connectivity index (χ2v) is 21.0. The van der Waals surface area contributed by atoms with Gasteiger partial charge in [0.1, 0.15) is 19.8 Å². The lowest BCUT2D eigenvalue weighted by molar-refractivity contribution is -0.870. The quantitative estimate of drug-likeness (QED) is 0.0195. The zero-order valence-corrected chi connectivity index (χ0v) is 44.5. The minimum atomic E-state index is -4.63. The topological polar surface area (TPSA) is 111 Å². The van der Waals surface area contributed by atoms with Crippen LogP contribution in [0.15, 0.2) is 48.6 Å². The third-order valence-electron chi connectivity index (χ3n) is 11.9. The van der Waals surface area contributed by atoms with E-state index in [1.54, 1.807) is 0 Å². The molecule has 0 saturated heterocycles. The summed E-state index contributed by atoms with van der Waals surface area (Å²) < 4.78 is 34.1. The Labute approximate surface area is 407 Å². The number of hydrogen-bond donors (Lipinski definition) is 0. The van der Waals surface area contributed by atoms with Crippen molar-refractivity contribution in [1.82, 2.24) is 0 Å². The predicted molar refractivity (Wildman–Crippen MR) is 277 cm³/mol. The number of carbonyl (C=O) groups excluding carboxylic acids is 2. The van der Waals surface area contributed by atoms with Gasteiger partial charge in [-0.25, -0.2) is 0 Å². The van der Waals surface area contributed by atoms with Crippen LogP contribution in [-0.4, -0.2) is 70.0 Å². The molecule has 0 heterocycles. The second kappa shape index (κ2) is 48.0. The number of hydrogen-bond acceptors (Lipinski definition) is 8. The molecule has 0 rings (SSSR count). The molecule has 0 amide bonds. The lowest BCUT2D eigenvalue weighted by atomic mass is 10.0. The number of ether oxygens (including phenoxy) is 2. The second-order valence-electron chi connectivity index (χ2n) is 19.6. The van der Waals surface area contributed by atoms with E-state index in [0.717, 1.165) is 70.6 Å². The van der Waals surface area contributed by atoms with Gasteiger partial charge in [0, 0.05) is 12.8 Å². The molecule has 0 aromatic heterocycles. The molecule has 0 bridgehead atoms. The van der Waals surface area contributed by atoms with Gasteiger partial charge in [0.2, 0.25) is 0 Å². The molecule has 0 aliphatic carbocycles. The molecule has 2 atom stereocenters. The highest BCUT2D eigenvalue weighted by Gasteiger charge is 2.21. The maximum Gasteiger partial charge on any atom is 0.306 e. The van der Waals surface area contributed by atoms with Crippen molar-refractivity contribution in [3.63, 3.8) is 0 Å². The highest BCUT2D eigenvalue weighted by molar-refractivity contribution is 7.45. The number of quaternary nitrogens is 1. The van der Waals surface area contributed by atoms with Crippen molar-refractivity contribution in [3.8, 4) is 0 Å². The Hall–Kier alpha value is -2.03. The Morgan fingerprint density at radius 2 is 0.864 bits per heavy atom. The molecule has 0 N–H and O–H groups in total. The molecule has 386 valence electrons. The number of likely N-dealkylation sites (N-methyl/N-ethyl adjacent to an activating group) is 1. The summed E-state index contributed by atoms with van der Waals surface area (Å²) in [4.78, 5) is 37.8. The van der Waals surface area contributed by atoms with Crippen LogP contribution in [0.4, 0.5) is 0 Å². The smallest absolute Gasteiger partial charge is 0.306 e. The molecular formula is C56H104NO8P. The zero-order chi connectivity index (χ0) is 48.5. The van der Waals surface area contributed by atoms with Gasteiger partial charge in [-0.05, 0) is 51.4 Å². The van der Waals surface area contributed by atoms with Crippen molar-refractivity contribution in [2.24, 2.45) is 0 Å². The summed E-state index contributed by atoms with van der Waals surface area (Å²) in [5, 5.41) is 0. The number of carbonyl (C=O) groups is 2. The van der Waals surface area contributed by atoms with Crippen molar-refractivity contribution in [3.05, 3.63) is 48.6 Å². The third kappa shape index (κ3) is 51.4. The Balaban J connectivity index is 4.20. The number of phosphoric acid groups is 1. The van der Waals surface area contributed by atoms with Gasteiger partial charge < -0.3 is 27.9 Å². The van der Waals surface area contributed by atoms with Gasteiger partial charge in [-0.15, -0.1) is 0 Å².